The predicted octanol–water partition coefficient (Wildman–Crippen LogP) is 0.794. The van der Waals surface area contributed by atoms with E-state index in [9.17, 15) is 4.79 Å². The maximum Gasteiger partial charge on any atom is 0.341 e. The highest BCUT2D eigenvalue weighted by Crippen LogP contribution is 2.19. The van der Waals surface area contributed by atoms with Gasteiger partial charge in [0.15, 0.2) is 0 Å². The molecule has 1 aromatic heterocycles. The second kappa shape index (κ2) is 2.57. The van der Waals surface area contributed by atoms with Crippen LogP contribution in [-0.4, -0.2) is 21.2 Å². The fourth-order valence-corrected chi connectivity index (χ4v) is 0.715. The standard InChI is InChI=1S/C7H7NO3/c1-4-2-8-3-5(6(4)9)7(10)11/h2-3H,1H3,(H,8,9)(H,10,11). The Morgan fingerprint density at radius 1 is 1.55 bits per heavy atom. The molecule has 0 saturated carbocycles. The second-order valence-electron chi connectivity index (χ2n) is 2.16. The van der Waals surface area contributed by atoms with Crippen molar-refractivity contribution in [1.29, 1.82) is 0 Å². The third-order valence-electron chi connectivity index (χ3n) is 1.33. The Morgan fingerprint density at radius 3 is 2.64 bits per heavy atom. The summed E-state index contributed by atoms with van der Waals surface area (Å²) in [6.45, 7) is 1.59. The van der Waals surface area contributed by atoms with Crippen molar-refractivity contribution in [3.05, 3.63) is 23.5 Å². The van der Waals surface area contributed by atoms with Crippen LogP contribution in [0.25, 0.3) is 0 Å². The minimum Gasteiger partial charge on any atom is -0.507 e. The molecule has 0 spiro atoms. The zero-order valence-corrected chi connectivity index (χ0v) is 5.90. The predicted molar refractivity (Wildman–Crippen MR) is 37.6 cm³/mol. The molecule has 0 atom stereocenters. The molecule has 0 bridgehead atoms. The molecule has 4 nitrogen and oxygen atoms in total. The first-order chi connectivity index (χ1) is 5.13. The molecule has 0 radical (unpaired) electrons. The number of aromatic nitrogens is 1. The molecule has 1 rings (SSSR count). The van der Waals surface area contributed by atoms with Crippen LogP contribution in [0.2, 0.25) is 0 Å². The quantitative estimate of drug-likeness (QED) is 0.625. The number of aromatic hydroxyl groups is 1. The Bertz CT molecular complexity index is 296. The van der Waals surface area contributed by atoms with Crippen molar-refractivity contribution >= 4 is 5.97 Å². The Hall–Kier alpha value is -1.58. The third-order valence-corrected chi connectivity index (χ3v) is 1.33. The van der Waals surface area contributed by atoms with Crippen LogP contribution < -0.4 is 0 Å². The van der Waals surface area contributed by atoms with Crippen LogP contribution in [0.3, 0.4) is 0 Å². The molecule has 0 aliphatic heterocycles. The summed E-state index contributed by atoms with van der Waals surface area (Å²) in [7, 11) is 0. The molecule has 1 heterocycles. The van der Waals surface area contributed by atoms with Crippen LogP contribution in [-0.2, 0) is 0 Å². The van der Waals surface area contributed by atoms with Crippen LogP contribution in [0, 0.1) is 6.92 Å². The lowest BCUT2D eigenvalue weighted by atomic mass is 10.2. The summed E-state index contributed by atoms with van der Waals surface area (Å²) in [6, 6.07) is 0. The van der Waals surface area contributed by atoms with Gasteiger partial charge in [0.05, 0.1) is 0 Å². The van der Waals surface area contributed by atoms with E-state index in [0.717, 1.165) is 6.20 Å². The highest BCUT2D eigenvalue weighted by molar-refractivity contribution is 5.90. The van der Waals surface area contributed by atoms with Gasteiger partial charge in [0, 0.05) is 18.0 Å². The second-order valence-corrected chi connectivity index (χ2v) is 2.16. The fourth-order valence-electron chi connectivity index (χ4n) is 0.715. The Balaban J connectivity index is 3.27. The van der Waals surface area contributed by atoms with Crippen molar-refractivity contribution in [2.75, 3.05) is 0 Å². The molecule has 0 aliphatic rings. The molecule has 58 valence electrons. The van der Waals surface area contributed by atoms with Gasteiger partial charge in [0.25, 0.3) is 0 Å². The topological polar surface area (TPSA) is 70.4 Å². The van der Waals surface area contributed by atoms with Gasteiger partial charge in [-0.05, 0) is 6.92 Å². The zero-order valence-electron chi connectivity index (χ0n) is 5.90. The highest BCUT2D eigenvalue weighted by atomic mass is 16.4. The van der Waals surface area contributed by atoms with E-state index in [0.29, 0.717) is 5.56 Å². The summed E-state index contributed by atoms with van der Waals surface area (Å²) in [5, 5.41) is 17.6. The van der Waals surface area contributed by atoms with Gasteiger partial charge in [-0.3, -0.25) is 4.98 Å². The van der Waals surface area contributed by atoms with Gasteiger partial charge in [-0.15, -0.1) is 0 Å². The molecule has 0 aliphatic carbocycles. The minimum atomic E-state index is -1.17. The van der Waals surface area contributed by atoms with Gasteiger partial charge in [0.2, 0.25) is 0 Å². The number of carbonyl (C=O) groups is 1. The Labute approximate surface area is 63.1 Å². The Kier molecular flexibility index (Phi) is 1.76. The first kappa shape index (κ1) is 7.53. The van der Waals surface area contributed by atoms with Gasteiger partial charge < -0.3 is 10.2 Å². The highest BCUT2D eigenvalue weighted by Gasteiger charge is 2.10. The van der Waals surface area contributed by atoms with Crippen molar-refractivity contribution in [2.45, 2.75) is 6.92 Å². The summed E-state index contributed by atoms with van der Waals surface area (Å²) in [5.41, 5.74) is 0.301. The molecular weight excluding hydrogens is 146 g/mol. The van der Waals surface area contributed by atoms with Crippen molar-refractivity contribution in [2.24, 2.45) is 0 Å². The first-order valence-electron chi connectivity index (χ1n) is 3.00. The first-order valence-corrected chi connectivity index (χ1v) is 3.00. The van der Waals surface area contributed by atoms with Crippen LogP contribution >= 0.6 is 0 Å². The number of hydrogen-bond donors (Lipinski definition) is 2. The van der Waals surface area contributed by atoms with Crippen molar-refractivity contribution in [3.8, 4) is 5.75 Å². The number of carboxylic acid groups (broad SMARTS) is 1. The third kappa shape index (κ3) is 1.29. The fraction of sp³-hybridized carbons (Fsp3) is 0.143. The minimum absolute atomic E-state index is 0.162. The summed E-state index contributed by atoms with van der Waals surface area (Å²) in [5.74, 6) is -1.38. The van der Waals surface area contributed by atoms with Gasteiger partial charge in [-0.25, -0.2) is 4.79 Å². The van der Waals surface area contributed by atoms with Crippen LogP contribution in [0.1, 0.15) is 15.9 Å². The maximum absolute atomic E-state index is 10.4. The van der Waals surface area contributed by atoms with Crippen LogP contribution in [0.5, 0.6) is 5.75 Å². The molecule has 11 heavy (non-hydrogen) atoms. The lowest BCUT2D eigenvalue weighted by Crippen LogP contribution is -1.98. The van der Waals surface area contributed by atoms with Gasteiger partial charge in [-0.1, -0.05) is 0 Å². The average molecular weight is 153 g/mol. The van der Waals surface area contributed by atoms with E-state index in [2.05, 4.69) is 4.98 Å². The smallest absolute Gasteiger partial charge is 0.341 e. The largest absolute Gasteiger partial charge is 0.507 e. The molecule has 2 N–H and O–H groups in total. The van der Waals surface area contributed by atoms with Gasteiger partial charge in [-0.2, -0.15) is 0 Å². The van der Waals surface area contributed by atoms with Crippen molar-refractivity contribution < 1.29 is 15.0 Å². The van der Waals surface area contributed by atoms with E-state index in [1.54, 1.807) is 6.92 Å². The van der Waals surface area contributed by atoms with E-state index in [-0.39, 0.29) is 11.3 Å². The number of aryl methyl sites for hydroxylation is 1. The van der Waals surface area contributed by atoms with Crippen molar-refractivity contribution in [1.82, 2.24) is 4.98 Å². The number of aromatic carboxylic acids is 1. The molecule has 1 aromatic rings. The summed E-state index contributed by atoms with van der Waals surface area (Å²) >= 11 is 0. The molecule has 0 aromatic carbocycles. The van der Waals surface area contributed by atoms with Crippen LogP contribution in [0.15, 0.2) is 12.4 Å². The average Bonchev–Trinajstić information content (AvgIpc) is 1.94. The van der Waals surface area contributed by atoms with Gasteiger partial charge in [0.1, 0.15) is 11.3 Å². The number of carboxylic acids is 1. The van der Waals surface area contributed by atoms with E-state index in [4.69, 9.17) is 10.2 Å². The van der Waals surface area contributed by atoms with Crippen molar-refractivity contribution in [3.63, 3.8) is 0 Å². The number of rotatable bonds is 1. The SMILES string of the molecule is Cc1cncc(C(=O)O)c1O. The maximum atomic E-state index is 10.4. The van der Waals surface area contributed by atoms with Crippen LogP contribution in [0.4, 0.5) is 0 Å². The van der Waals surface area contributed by atoms with E-state index >= 15 is 0 Å². The molecular formula is C7H7NO3. The van der Waals surface area contributed by atoms with Gasteiger partial charge >= 0.3 is 5.97 Å². The molecule has 4 heteroatoms. The molecule has 0 fully saturated rings. The molecule has 0 unspecified atom stereocenters. The lowest BCUT2D eigenvalue weighted by Gasteiger charge is -1.99. The number of hydrogen-bond acceptors (Lipinski definition) is 3. The lowest BCUT2D eigenvalue weighted by molar-refractivity contribution is 0.0693. The molecule has 0 amide bonds. The summed E-state index contributed by atoms with van der Waals surface area (Å²) in [4.78, 5) is 14.0. The van der Waals surface area contributed by atoms with E-state index in [1.807, 2.05) is 0 Å². The summed E-state index contributed by atoms with van der Waals surface area (Å²) in [6.07, 6.45) is 2.52. The zero-order chi connectivity index (χ0) is 8.43. The van der Waals surface area contributed by atoms with E-state index < -0.39 is 5.97 Å². The van der Waals surface area contributed by atoms with E-state index in [1.165, 1.54) is 6.20 Å². The normalized spacial score (nSPS) is 9.55. The summed E-state index contributed by atoms with van der Waals surface area (Å²) < 4.78 is 0. The number of pyridine rings is 1. The Morgan fingerprint density at radius 2 is 2.18 bits per heavy atom. The number of nitrogens with zero attached hydrogens (tertiary/aromatic N) is 1. The molecule has 0 saturated heterocycles. The monoisotopic (exact) mass is 153 g/mol.